The summed E-state index contributed by atoms with van der Waals surface area (Å²) in [7, 11) is 0. The maximum absolute atomic E-state index is 11.2. The summed E-state index contributed by atoms with van der Waals surface area (Å²) in [5, 5.41) is 2.41. The lowest BCUT2D eigenvalue weighted by Gasteiger charge is -2.13. The van der Waals surface area contributed by atoms with E-state index in [1.165, 1.54) is 0 Å². The summed E-state index contributed by atoms with van der Waals surface area (Å²) >= 11 is 0. The number of hydrogen-bond acceptors (Lipinski definition) is 3. The van der Waals surface area contributed by atoms with E-state index in [1.54, 1.807) is 12.1 Å². The van der Waals surface area contributed by atoms with Crippen molar-refractivity contribution < 1.29 is 14.3 Å². The van der Waals surface area contributed by atoms with Crippen LogP contribution in [0.4, 0.5) is 4.79 Å². The zero-order valence-electron chi connectivity index (χ0n) is 7.97. The molecule has 1 aliphatic rings. The molecule has 3 amide bonds. The van der Waals surface area contributed by atoms with Crippen molar-refractivity contribution in [1.29, 1.82) is 0 Å². The first kappa shape index (κ1) is 9.51. The summed E-state index contributed by atoms with van der Waals surface area (Å²) in [6, 6.07) is 8.62. The number of hydrogen-bond donors (Lipinski definition) is 1. The number of nitrogens with one attached hydrogen (secondary N) is 1. The Morgan fingerprint density at radius 3 is 2.60 bits per heavy atom. The first-order valence-corrected chi connectivity index (χ1v) is 4.53. The number of nitrogens with zero attached hydrogens (tertiary/aromatic N) is 1. The maximum atomic E-state index is 11.2. The molecular formula is C10H10N2O3. The third kappa shape index (κ3) is 2.07. The molecule has 78 valence electrons. The van der Waals surface area contributed by atoms with Crippen molar-refractivity contribution in [3.8, 4) is 5.75 Å². The molecular weight excluding hydrogens is 196 g/mol. The second-order valence-electron chi connectivity index (χ2n) is 3.07. The quantitative estimate of drug-likeness (QED) is 0.736. The molecule has 1 aromatic carbocycles. The zero-order valence-corrected chi connectivity index (χ0v) is 7.97. The second-order valence-corrected chi connectivity index (χ2v) is 3.07. The number of rotatable bonds is 3. The van der Waals surface area contributed by atoms with Crippen LogP contribution in [0.25, 0.3) is 0 Å². The third-order valence-corrected chi connectivity index (χ3v) is 2.04. The monoisotopic (exact) mass is 206 g/mol. The molecule has 0 saturated carbocycles. The van der Waals surface area contributed by atoms with Crippen molar-refractivity contribution >= 4 is 11.9 Å². The molecule has 5 heteroatoms. The van der Waals surface area contributed by atoms with Gasteiger partial charge in [0, 0.05) is 0 Å². The highest BCUT2D eigenvalue weighted by atomic mass is 16.5. The number of carbonyl (C=O) groups excluding carboxylic acids is 2. The van der Waals surface area contributed by atoms with Crippen LogP contribution < -0.4 is 10.1 Å². The first-order valence-electron chi connectivity index (χ1n) is 4.53. The van der Waals surface area contributed by atoms with E-state index < -0.39 is 6.03 Å². The van der Waals surface area contributed by atoms with E-state index in [1.807, 2.05) is 18.2 Å². The largest absolute Gasteiger partial charge is 0.472 e. The minimum atomic E-state index is -0.407. The molecule has 0 atom stereocenters. The number of benzene rings is 1. The Labute approximate surface area is 86.6 Å². The normalized spacial score (nSPS) is 15.3. The minimum absolute atomic E-state index is 0.0469. The molecule has 15 heavy (non-hydrogen) atoms. The predicted molar refractivity (Wildman–Crippen MR) is 52.2 cm³/mol. The lowest BCUT2D eigenvalue weighted by Crippen LogP contribution is -2.34. The van der Waals surface area contributed by atoms with E-state index in [0.717, 1.165) is 4.90 Å². The molecule has 0 radical (unpaired) electrons. The highest BCUT2D eigenvalue weighted by Gasteiger charge is 2.28. The average Bonchev–Trinajstić information content (AvgIpc) is 2.58. The van der Waals surface area contributed by atoms with Crippen molar-refractivity contribution in [3.05, 3.63) is 30.3 Å². The molecule has 5 nitrogen and oxygen atoms in total. The zero-order chi connectivity index (χ0) is 10.7. The van der Waals surface area contributed by atoms with Crippen LogP contribution in [0.2, 0.25) is 0 Å². The molecule has 0 spiro atoms. The fourth-order valence-corrected chi connectivity index (χ4v) is 1.24. The van der Waals surface area contributed by atoms with Crippen LogP contribution in [0.5, 0.6) is 5.75 Å². The lowest BCUT2D eigenvalue weighted by molar-refractivity contribution is -0.126. The van der Waals surface area contributed by atoms with E-state index in [9.17, 15) is 9.59 Å². The summed E-state index contributed by atoms with van der Waals surface area (Å²) in [5.74, 6) is 0.362. The third-order valence-electron chi connectivity index (χ3n) is 2.04. The molecule has 0 unspecified atom stereocenters. The van der Waals surface area contributed by atoms with Crippen LogP contribution in [0, 0.1) is 0 Å². The second kappa shape index (κ2) is 4.00. The number of amides is 3. The smallest absolute Gasteiger partial charge is 0.327 e. The van der Waals surface area contributed by atoms with Crippen molar-refractivity contribution in [3.63, 3.8) is 0 Å². The molecule has 1 fully saturated rings. The van der Waals surface area contributed by atoms with Crippen LogP contribution in [-0.4, -0.2) is 30.1 Å². The van der Waals surface area contributed by atoms with Crippen LogP contribution in [-0.2, 0) is 4.79 Å². The molecule has 1 saturated heterocycles. The Kier molecular flexibility index (Phi) is 2.53. The predicted octanol–water partition coefficient (Wildman–Crippen LogP) is 0.575. The highest BCUT2D eigenvalue weighted by molar-refractivity contribution is 6.01. The Hall–Kier alpha value is -2.04. The standard InChI is InChI=1S/C10H10N2O3/c13-9-6-11-10(14)12(9)7-15-8-4-2-1-3-5-8/h1-5H,6-7H2,(H,11,14). The van der Waals surface area contributed by atoms with Crippen molar-refractivity contribution in [2.24, 2.45) is 0 Å². The maximum Gasteiger partial charge on any atom is 0.327 e. The molecule has 1 aromatic rings. The molecule has 0 aromatic heterocycles. The van der Waals surface area contributed by atoms with Crippen molar-refractivity contribution in [2.75, 3.05) is 13.3 Å². The Bertz CT molecular complexity index is 362. The van der Waals surface area contributed by atoms with Gasteiger partial charge in [0.2, 0.25) is 0 Å². The van der Waals surface area contributed by atoms with Gasteiger partial charge in [-0.2, -0.15) is 0 Å². The van der Waals surface area contributed by atoms with Crippen molar-refractivity contribution in [2.45, 2.75) is 0 Å². The summed E-state index contributed by atoms with van der Waals surface area (Å²) in [5.41, 5.74) is 0. The fourth-order valence-electron chi connectivity index (χ4n) is 1.24. The lowest BCUT2D eigenvalue weighted by atomic mass is 10.3. The van der Waals surface area contributed by atoms with E-state index in [4.69, 9.17) is 4.74 Å². The molecule has 1 aliphatic heterocycles. The van der Waals surface area contributed by atoms with Crippen LogP contribution >= 0.6 is 0 Å². The van der Waals surface area contributed by atoms with Gasteiger partial charge in [-0.1, -0.05) is 18.2 Å². The average molecular weight is 206 g/mol. The molecule has 1 heterocycles. The first-order chi connectivity index (χ1) is 7.27. The van der Waals surface area contributed by atoms with Gasteiger partial charge in [-0.05, 0) is 12.1 Å². The van der Waals surface area contributed by atoms with Gasteiger partial charge < -0.3 is 10.1 Å². The topological polar surface area (TPSA) is 58.6 Å². The molecule has 0 aliphatic carbocycles. The number of para-hydroxylation sites is 1. The fraction of sp³-hybridized carbons (Fsp3) is 0.200. The Balaban J connectivity index is 1.93. The van der Waals surface area contributed by atoms with E-state index in [-0.39, 0.29) is 19.2 Å². The van der Waals surface area contributed by atoms with Gasteiger partial charge in [-0.25, -0.2) is 9.69 Å². The van der Waals surface area contributed by atoms with Gasteiger partial charge in [-0.3, -0.25) is 4.79 Å². The van der Waals surface area contributed by atoms with Crippen LogP contribution in [0.1, 0.15) is 0 Å². The van der Waals surface area contributed by atoms with Gasteiger partial charge in [0.15, 0.2) is 6.73 Å². The van der Waals surface area contributed by atoms with Gasteiger partial charge >= 0.3 is 6.03 Å². The summed E-state index contributed by atoms with van der Waals surface area (Å²) < 4.78 is 5.28. The molecule has 0 bridgehead atoms. The van der Waals surface area contributed by atoms with E-state index in [0.29, 0.717) is 5.75 Å². The van der Waals surface area contributed by atoms with Gasteiger partial charge in [0.25, 0.3) is 5.91 Å². The number of imide groups is 1. The summed E-state index contributed by atoms with van der Waals surface area (Å²) in [6.45, 7) is 0.00562. The Morgan fingerprint density at radius 2 is 2.00 bits per heavy atom. The van der Waals surface area contributed by atoms with E-state index >= 15 is 0 Å². The van der Waals surface area contributed by atoms with Gasteiger partial charge in [-0.15, -0.1) is 0 Å². The van der Waals surface area contributed by atoms with Crippen molar-refractivity contribution in [1.82, 2.24) is 10.2 Å². The van der Waals surface area contributed by atoms with Crippen LogP contribution in [0.15, 0.2) is 30.3 Å². The van der Waals surface area contributed by atoms with Crippen LogP contribution in [0.3, 0.4) is 0 Å². The Morgan fingerprint density at radius 1 is 1.27 bits per heavy atom. The number of urea groups is 1. The highest BCUT2D eigenvalue weighted by Crippen LogP contribution is 2.09. The SMILES string of the molecule is O=C1CNC(=O)N1COc1ccccc1. The molecule has 2 rings (SSSR count). The molecule has 1 N–H and O–H groups in total. The number of carbonyl (C=O) groups is 2. The van der Waals surface area contributed by atoms with E-state index in [2.05, 4.69) is 5.32 Å². The minimum Gasteiger partial charge on any atom is -0.472 e. The van der Waals surface area contributed by atoms with Gasteiger partial charge in [0.05, 0.1) is 6.54 Å². The summed E-state index contributed by atoms with van der Waals surface area (Å²) in [4.78, 5) is 23.3. The van der Waals surface area contributed by atoms with Gasteiger partial charge in [0.1, 0.15) is 5.75 Å². The number of ether oxygens (including phenoxy) is 1. The summed E-state index contributed by atoms with van der Waals surface area (Å²) in [6.07, 6.45) is 0.